The highest BCUT2D eigenvalue weighted by Gasteiger charge is 2.38. The van der Waals surface area contributed by atoms with Crippen molar-refractivity contribution in [1.29, 1.82) is 0 Å². The van der Waals surface area contributed by atoms with Crippen LogP contribution in [-0.2, 0) is 0 Å². The Hall–Kier alpha value is -0.980. The van der Waals surface area contributed by atoms with Gasteiger partial charge in [-0.25, -0.2) is 0 Å². The molecule has 0 bridgehead atoms. The number of aryl methyl sites for hydroxylation is 1. The quantitative estimate of drug-likeness (QED) is 0.681. The Morgan fingerprint density at radius 1 is 1.11 bits per heavy atom. The summed E-state index contributed by atoms with van der Waals surface area (Å²) < 4.78 is 0. The van der Waals surface area contributed by atoms with Crippen LogP contribution in [0.5, 0.6) is 0 Å². The van der Waals surface area contributed by atoms with Crippen LogP contribution in [0.4, 0.5) is 5.69 Å². The predicted octanol–water partition coefficient (Wildman–Crippen LogP) is 4.93. The molecule has 1 nitrogen and oxygen atoms in total. The molecule has 0 aromatic heterocycles. The zero-order valence-electron chi connectivity index (χ0n) is 12.0. The number of hydrogen-bond donors (Lipinski definition) is 1. The van der Waals surface area contributed by atoms with E-state index < -0.39 is 0 Å². The molecule has 1 unspecified atom stereocenters. The van der Waals surface area contributed by atoms with E-state index in [-0.39, 0.29) is 0 Å². The second-order valence-electron chi connectivity index (χ2n) is 6.54. The average molecular weight is 243 g/mol. The third-order valence-corrected chi connectivity index (χ3v) is 5.20. The van der Waals surface area contributed by atoms with E-state index in [1.54, 1.807) is 0 Å². The van der Waals surface area contributed by atoms with Gasteiger partial charge in [0.25, 0.3) is 0 Å². The lowest BCUT2D eigenvalue weighted by molar-refractivity contribution is 0.281. The monoisotopic (exact) mass is 243 g/mol. The molecule has 1 N–H and O–H groups in total. The third kappa shape index (κ3) is 1.84. The molecule has 2 aliphatic rings. The summed E-state index contributed by atoms with van der Waals surface area (Å²) in [4.78, 5) is 0. The van der Waals surface area contributed by atoms with Gasteiger partial charge in [0, 0.05) is 11.2 Å². The van der Waals surface area contributed by atoms with E-state index in [1.807, 2.05) is 0 Å². The van der Waals surface area contributed by atoms with Crippen LogP contribution in [0.3, 0.4) is 0 Å². The fourth-order valence-corrected chi connectivity index (χ4v) is 3.98. The van der Waals surface area contributed by atoms with Gasteiger partial charge in [-0.15, -0.1) is 0 Å². The van der Waals surface area contributed by atoms with Gasteiger partial charge in [-0.3, -0.25) is 0 Å². The highest BCUT2D eigenvalue weighted by atomic mass is 15.0. The number of anilines is 1. The summed E-state index contributed by atoms with van der Waals surface area (Å²) in [5.74, 6) is 0.707. The van der Waals surface area contributed by atoms with Gasteiger partial charge in [0.2, 0.25) is 0 Å². The average Bonchev–Trinajstić information content (AvgIpc) is 2.35. The third-order valence-electron chi connectivity index (χ3n) is 5.20. The highest BCUT2D eigenvalue weighted by Crippen LogP contribution is 2.46. The van der Waals surface area contributed by atoms with Crippen molar-refractivity contribution in [2.24, 2.45) is 0 Å². The second-order valence-corrected chi connectivity index (χ2v) is 6.54. The molecule has 18 heavy (non-hydrogen) atoms. The van der Waals surface area contributed by atoms with Crippen molar-refractivity contribution in [3.63, 3.8) is 0 Å². The molecule has 1 atom stereocenters. The molecule has 1 fully saturated rings. The molecule has 1 saturated carbocycles. The van der Waals surface area contributed by atoms with E-state index >= 15 is 0 Å². The van der Waals surface area contributed by atoms with Crippen molar-refractivity contribution in [3.05, 3.63) is 28.8 Å². The summed E-state index contributed by atoms with van der Waals surface area (Å²) >= 11 is 0. The van der Waals surface area contributed by atoms with Gasteiger partial charge in [0.05, 0.1) is 0 Å². The van der Waals surface area contributed by atoms with Crippen LogP contribution in [0.15, 0.2) is 12.1 Å². The zero-order valence-corrected chi connectivity index (χ0v) is 12.0. The topological polar surface area (TPSA) is 12.0 Å². The first-order valence-electron chi connectivity index (χ1n) is 7.50. The number of nitrogens with one attached hydrogen (secondary N) is 1. The zero-order chi connectivity index (χ0) is 12.8. The number of rotatable bonds is 0. The van der Waals surface area contributed by atoms with E-state index in [2.05, 4.69) is 38.2 Å². The summed E-state index contributed by atoms with van der Waals surface area (Å²) in [5.41, 5.74) is 6.28. The molecular weight excluding hydrogens is 218 g/mol. The summed E-state index contributed by atoms with van der Waals surface area (Å²) in [6.45, 7) is 6.91. The van der Waals surface area contributed by atoms with Crippen LogP contribution in [0, 0.1) is 13.8 Å². The van der Waals surface area contributed by atoms with Crippen molar-refractivity contribution in [3.8, 4) is 0 Å². The normalized spacial score (nSPS) is 25.6. The Balaban J connectivity index is 2.02. The Labute approximate surface area is 111 Å². The summed E-state index contributed by atoms with van der Waals surface area (Å²) in [6, 6.07) is 4.62. The van der Waals surface area contributed by atoms with Gasteiger partial charge in [-0.1, -0.05) is 38.3 Å². The van der Waals surface area contributed by atoms with Crippen molar-refractivity contribution < 1.29 is 0 Å². The number of hydrogen-bond acceptors (Lipinski definition) is 1. The van der Waals surface area contributed by atoms with E-state index in [0.29, 0.717) is 11.5 Å². The van der Waals surface area contributed by atoms with Crippen LogP contribution < -0.4 is 5.32 Å². The summed E-state index contributed by atoms with van der Waals surface area (Å²) in [5, 5.41) is 3.95. The molecule has 1 aromatic carbocycles. The van der Waals surface area contributed by atoms with Gasteiger partial charge in [-0.2, -0.15) is 0 Å². The Kier molecular flexibility index (Phi) is 2.88. The van der Waals surface area contributed by atoms with Gasteiger partial charge in [0.1, 0.15) is 0 Å². The summed E-state index contributed by atoms with van der Waals surface area (Å²) in [7, 11) is 0. The first-order chi connectivity index (χ1) is 8.61. The minimum Gasteiger partial charge on any atom is -0.379 e. The molecule has 0 amide bonds. The molecular formula is C17H25N. The van der Waals surface area contributed by atoms with E-state index in [1.165, 1.54) is 60.9 Å². The fraction of sp³-hybridized carbons (Fsp3) is 0.647. The molecule has 1 aliphatic carbocycles. The van der Waals surface area contributed by atoms with Crippen molar-refractivity contribution in [1.82, 2.24) is 0 Å². The lowest BCUT2D eigenvalue weighted by Crippen LogP contribution is -2.44. The molecule has 0 radical (unpaired) electrons. The van der Waals surface area contributed by atoms with Gasteiger partial charge < -0.3 is 5.32 Å². The van der Waals surface area contributed by atoms with Gasteiger partial charge >= 0.3 is 0 Å². The van der Waals surface area contributed by atoms with Crippen LogP contribution in [-0.4, -0.2) is 5.54 Å². The maximum atomic E-state index is 3.95. The van der Waals surface area contributed by atoms with Gasteiger partial charge in [-0.05, 0) is 55.7 Å². The summed E-state index contributed by atoms with van der Waals surface area (Å²) in [6.07, 6.45) is 8.29. The maximum Gasteiger partial charge on any atom is 0.0412 e. The van der Waals surface area contributed by atoms with Crippen molar-refractivity contribution >= 4 is 5.69 Å². The Morgan fingerprint density at radius 3 is 2.56 bits per heavy atom. The van der Waals surface area contributed by atoms with E-state index in [0.717, 1.165) is 0 Å². The molecule has 1 heterocycles. The lowest BCUT2D eigenvalue weighted by atomic mass is 9.71. The fourth-order valence-electron chi connectivity index (χ4n) is 3.98. The highest BCUT2D eigenvalue weighted by molar-refractivity contribution is 5.64. The Morgan fingerprint density at radius 2 is 1.83 bits per heavy atom. The van der Waals surface area contributed by atoms with Crippen molar-refractivity contribution in [2.45, 2.75) is 70.8 Å². The lowest BCUT2D eigenvalue weighted by Gasteiger charge is -2.46. The smallest absolute Gasteiger partial charge is 0.0412 e. The van der Waals surface area contributed by atoms with E-state index in [9.17, 15) is 0 Å². The number of benzene rings is 1. The standard InChI is InChI=1S/C17H25N/c1-12-7-8-15-13(2)11-17(9-5-4-6-10-17)18-16(15)14(12)3/h7-8,13,18H,4-6,9-11H2,1-3H3. The Bertz CT molecular complexity index is 455. The van der Waals surface area contributed by atoms with Crippen LogP contribution >= 0.6 is 0 Å². The molecule has 0 saturated heterocycles. The SMILES string of the molecule is Cc1ccc2c(c1C)NC1(CCCCC1)CC2C. The first kappa shape index (κ1) is 12.1. The van der Waals surface area contributed by atoms with Gasteiger partial charge in [0.15, 0.2) is 0 Å². The molecule has 98 valence electrons. The minimum absolute atomic E-state index is 0.406. The number of fused-ring (bicyclic) bond motifs is 1. The largest absolute Gasteiger partial charge is 0.379 e. The molecule has 1 aliphatic heterocycles. The second kappa shape index (κ2) is 4.29. The van der Waals surface area contributed by atoms with E-state index in [4.69, 9.17) is 0 Å². The van der Waals surface area contributed by atoms with Crippen LogP contribution in [0.1, 0.15) is 68.1 Å². The molecule has 1 spiro atoms. The van der Waals surface area contributed by atoms with Crippen LogP contribution in [0.25, 0.3) is 0 Å². The first-order valence-corrected chi connectivity index (χ1v) is 7.50. The van der Waals surface area contributed by atoms with Crippen LogP contribution in [0.2, 0.25) is 0 Å². The van der Waals surface area contributed by atoms with Crippen molar-refractivity contribution in [2.75, 3.05) is 5.32 Å². The molecule has 1 heteroatoms. The predicted molar refractivity (Wildman–Crippen MR) is 78.4 cm³/mol. The maximum absolute atomic E-state index is 3.95. The molecule has 3 rings (SSSR count). The molecule has 1 aromatic rings. The minimum atomic E-state index is 0.406.